The third-order valence-electron chi connectivity index (χ3n) is 10.7. The largest absolute Gasteiger partial charge is 0.378 e. The molecule has 6 rings (SSSR count). The van der Waals surface area contributed by atoms with Crippen LogP contribution in [0.25, 0.3) is 10.9 Å². The summed E-state index contributed by atoms with van der Waals surface area (Å²) >= 11 is 0. The van der Waals surface area contributed by atoms with Crippen molar-refractivity contribution in [2.24, 2.45) is 11.8 Å². The number of fused-ring (bicyclic) bond motifs is 1. The molecule has 1 aromatic heterocycles. The van der Waals surface area contributed by atoms with Crippen molar-refractivity contribution >= 4 is 42.6 Å². The van der Waals surface area contributed by atoms with Crippen LogP contribution in [0.15, 0.2) is 53.4 Å². The minimum atomic E-state index is -3.78. The Morgan fingerprint density at radius 3 is 2.06 bits per heavy atom. The van der Waals surface area contributed by atoms with Crippen molar-refractivity contribution in [3.05, 3.63) is 48.5 Å². The number of aromatic nitrogens is 2. The first-order valence-corrected chi connectivity index (χ1v) is 21.3. The summed E-state index contributed by atoms with van der Waals surface area (Å²) in [4.78, 5) is 6.87. The first-order valence-electron chi connectivity index (χ1n) is 18.5. The smallest absolute Gasteiger partial charge is 0.282 e. The van der Waals surface area contributed by atoms with Gasteiger partial charge < -0.3 is 14.7 Å². The van der Waals surface area contributed by atoms with Crippen LogP contribution in [0.4, 0.5) is 11.5 Å². The quantitative estimate of drug-likeness (QED) is 0.365. The molecule has 3 aliphatic rings. The monoisotopic (exact) mass is 728 g/mol. The minimum absolute atomic E-state index is 0.198. The zero-order valence-electron chi connectivity index (χ0n) is 30.1. The zero-order chi connectivity index (χ0) is 35.3. The maximum absolute atomic E-state index is 14.4. The lowest BCUT2D eigenvalue weighted by atomic mass is 9.89. The van der Waals surface area contributed by atoms with E-state index in [0.717, 1.165) is 54.9 Å². The van der Waals surface area contributed by atoms with Gasteiger partial charge in [-0.25, -0.2) is 8.42 Å². The number of para-hydroxylation sites is 1. The fourth-order valence-electron chi connectivity index (χ4n) is 7.89. The first-order chi connectivity index (χ1) is 24.0. The van der Waals surface area contributed by atoms with Gasteiger partial charge in [0.15, 0.2) is 0 Å². The molecule has 0 amide bonds. The van der Waals surface area contributed by atoms with Crippen LogP contribution in [0.5, 0.6) is 0 Å². The third kappa shape index (κ3) is 8.64. The van der Waals surface area contributed by atoms with Gasteiger partial charge in [0.1, 0.15) is 5.82 Å². The average molecular weight is 729 g/mol. The summed E-state index contributed by atoms with van der Waals surface area (Å²) in [6.07, 6.45) is 7.80. The lowest BCUT2D eigenvalue weighted by Crippen LogP contribution is -2.54. The van der Waals surface area contributed by atoms with Gasteiger partial charge >= 0.3 is 0 Å². The van der Waals surface area contributed by atoms with Crippen LogP contribution >= 0.6 is 0 Å². The van der Waals surface area contributed by atoms with Gasteiger partial charge in [0, 0.05) is 84.1 Å². The van der Waals surface area contributed by atoms with Crippen LogP contribution in [0.1, 0.15) is 51.9 Å². The van der Waals surface area contributed by atoms with Gasteiger partial charge in [-0.05, 0) is 87.0 Å². The van der Waals surface area contributed by atoms with E-state index in [9.17, 15) is 16.8 Å². The van der Waals surface area contributed by atoms with Crippen molar-refractivity contribution in [3.8, 4) is 0 Å². The van der Waals surface area contributed by atoms with Gasteiger partial charge in [0.25, 0.3) is 10.2 Å². The number of anilines is 2. The Balaban J connectivity index is 1.19. The van der Waals surface area contributed by atoms with E-state index < -0.39 is 20.2 Å². The van der Waals surface area contributed by atoms with Crippen LogP contribution in [-0.4, -0.2) is 131 Å². The van der Waals surface area contributed by atoms with Gasteiger partial charge in [-0.2, -0.15) is 26.4 Å². The Hall–Kier alpha value is -2.75. The summed E-state index contributed by atoms with van der Waals surface area (Å²) in [7, 11) is -3.70. The van der Waals surface area contributed by atoms with E-state index in [4.69, 9.17) is 0 Å². The standard InChI is InChI=1S/C36H56N8O4S2/c1-30-27-43(49(45,46)33-17-15-32(16-18-33)39(2)3)21-9-19-40(29-31-11-5-4-6-12-31)20-10-22-44(28-30)50(47,48)42-25-23-41(24-26-42)36-34-13-7-8-14-35(34)37-38-36/h7-8,13-18,30-31H,4-6,9-12,19-29H2,1-3H3,(H,37,38)/t30-/m0/s1. The Labute approximate surface area is 299 Å². The van der Waals surface area contributed by atoms with E-state index in [1.807, 2.05) is 62.3 Å². The molecule has 3 aromatic rings. The number of H-pyrrole nitrogens is 1. The SMILES string of the molecule is C[C@H]1CN(S(=O)(=O)c2ccc(N(C)C)cc2)CCCN(CC2CCCCC2)CCCN(S(=O)(=O)N2CCN(c3[nH]nc4ccccc34)CC2)C1. The van der Waals surface area contributed by atoms with Crippen molar-refractivity contribution in [2.75, 3.05) is 95.9 Å². The van der Waals surface area contributed by atoms with Crippen molar-refractivity contribution in [1.82, 2.24) is 28.0 Å². The van der Waals surface area contributed by atoms with Crippen molar-refractivity contribution in [1.29, 1.82) is 0 Å². The molecule has 2 aliphatic heterocycles. The van der Waals surface area contributed by atoms with Crippen LogP contribution in [0, 0.1) is 11.8 Å². The number of piperazine rings is 1. The Kier molecular flexibility index (Phi) is 12.1. The Bertz CT molecular complexity index is 1750. The Morgan fingerprint density at radius 1 is 0.740 bits per heavy atom. The molecule has 276 valence electrons. The number of rotatable bonds is 8. The van der Waals surface area contributed by atoms with E-state index >= 15 is 0 Å². The number of hydrogen-bond donors (Lipinski definition) is 1. The highest BCUT2D eigenvalue weighted by Gasteiger charge is 2.35. The lowest BCUT2D eigenvalue weighted by Gasteiger charge is -2.38. The van der Waals surface area contributed by atoms with E-state index in [1.165, 1.54) is 32.1 Å². The van der Waals surface area contributed by atoms with Crippen LogP contribution < -0.4 is 9.80 Å². The Morgan fingerprint density at radius 2 is 1.38 bits per heavy atom. The molecule has 1 N–H and O–H groups in total. The van der Waals surface area contributed by atoms with Crippen molar-refractivity contribution in [2.45, 2.75) is 56.8 Å². The second-order valence-corrected chi connectivity index (χ2v) is 18.6. The number of nitrogens with zero attached hydrogens (tertiary/aromatic N) is 7. The van der Waals surface area contributed by atoms with E-state index in [0.29, 0.717) is 45.2 Å². The maximum Gasteiger partial charge on any atom is 0.282 e. The fraction of sp³-hybridized carbons (Fsp3) is 0.639. The normalized spacial score (nSPS) is 22.7. The molecule has 1 saturated carbocycles. The average Bonchev–Trinajstić information content (AvgIpc) is 3.55. The van der Waals surface area contributed by atoms with E-state index in [1.54, 1.807) is 25.0 Å². The van der Waals surface area contributed by atoms with Gasteiger partial charge in [-0.3, -0.25) is 5.10 Å². The lowest BCUT2D eigenvalue weighted by molar-refractivity contribution is 0.179. The van der Waals surface area contributed by atoms with Crippen LogP contribution in [-0.2, 0) is 20.2 Å². The number of aromatic amines is 1. The van der Waals surface area contributed by atoms with Gasteiger partial charge in [0.2, 0.25) is 10.0 Å². The van der Waals surface area contributed by atoms with E-state index in [2.05, 4.69) is 20.0 Å². The third-order valence-corrected chi connectivity index (χ3v) is 14.6. The zero-order valence-corrected chi connectivity index (χ0v) is 31.7. The summed E-state index contributed by atoms with van der Waals surface area (Å²) in [5, 5.41) is 8.62. The summed E-state index contributed by atoms with van der Waals surface area (Å²) in [5.74, 6) is 1.37. The molecule has 1 atom stereocenters. The molecule has 0 unspecified atom stereocenters. The predicted molar refractivity (Wildman–Crippen MR) is 201 cm³/mol. The molecule has 2 saturated heterocycles. The molecule has 3 heterocycles. The molecular formula is C36H56N8O4S2. The molecule has 0 bridgehead atoms. The molecule has 0 spiro atoms. The van der Waals surface area contributed by atoms with Crippen molar-refractivity contribution in [3.63, 3.8) is 0 Å². The second kappa shape index (κ2) is 16.3. The number of hydrogen-bond acceptors (Lipinski definition) is 8. The summed E-state index contributed by atoms with van der Waals surface area (Å²) < 4.78 is 61.8. The van der Waals surface area contributed by atoms with Gasteiger partial charge in [-0.1, -0.05) is 38.3 Å². The minimum Gasteiger partial charge on any atom is -0.378 e. The topological polar surface area (TPSA) is 116 Å². The number of nitrogens with one attached hydrogen (secondary N) is 1. The van der Waals surface area contributed by atoms with Gasteiger partial charge in [0.05, 0.1) is 10.4 Å². The fourth-order valence-corrected chi connectivity index (χ4v) is 11.2. The summed E-state index contributed by atoms with van der Waals surface area (Å²) in [6, 6.07) is 15.0. The molecule has 3 fully saturated rings. The van der Waals surface area contributed by atoms with Crippen LogP contribution in [0.3, 0.4) is 0 Å². The van der Waals surface area contributed by atoms with Crippen LogP contribution in [0.2, 0.25) is 0 Å². The molecule has 1 aliphatic carbocycles. The molecule has 0 radical (unpaired) electrons. The highest BCUT2D eigenvalue weighted by molar-refractivity contribution is 7.89. The van der Waals surface area contributed by atoms with Crippen molar-refractivity contribution < 1.29 is 16.8 Å². The van der Waals surface area contributed by atoms with Gasteiger partial charge in [-0.15, -0.1) is 0 Å². The summed E-state index contributed by atoms with van der Waals surface area (Å²) in [6.45, 7) is 7.77. The highest BCUT2D eigenvalue weighted by Crippen LogP contribution is 2.28. The molecule has 14 heteroatoms. The first kappa shape index (κ1) is 37.0. The molecule has 2 aromatic carbocycles. The van der Waals surface area contributed by atoms with E-state index in [-0.39, 0.29) is 23.9 Å². The second-order valence-electron chi connectivity index (χ2n) is 14.7. The maximum atomic E-state index is 14.4. The molecule has 50 heavy (non-hydrogen) atoms. The molecule has 12 nitrogen and oxygen atoms in total. The number of sulfonamides is 1. The highest BCUT2D eigenvalue weighted by atomic mass is 32.2. The predicted octanol–water partition coefficient (Wildman–Crippen LogP) is 4.30. The molecular weight excluding hydrogens is 673 g/mol. The number of benzene rings is 2. The summed E-state index contributed by atoms with van der Waals surface area (Å²) in [5.41, 5.74) is 1.83.